The fraction of sp³-hybridized carbons (Fsp3) is 0.188. The third-order valence-corrected chi connectivity index (χ3v) is 3.71. The van der Waals surface area contributed by atoms with Crippen LogP contribution in [0.3, 0.4) is 0 Å². The molecule has 90 valence electrons. The van der Waals surface area contributed by atoms with Crippen molar-refractivity contribution in [1.29, 1.82) is 0 Å². The van der Waals surface area contributed by atoms with Gasteiger partial charge in [-0.2, -0.15) is 0 Å². The third kappa shape index (κ3) is 1.67. The summed E-state index contributed by atoms with van der Waals surface area (Å²) in [5, 5.41) is 2.87. The Kier molecular flexibility index (Phi) is 2.71. The van der Waals surface area contributed by atoms with E-state index in [1.165, 1.54) is 5.56 Å². The topological polar surface area (TPSA) is 12.9 Å². The lowest BCUT2D eigenvalue weighted by Gasteiger charge is -2.11. The number of aromatic nitrogens is 1. The van der Waals surface area contributed by atoms with Crippen molar-refractivity contribution < 1.29 is 0 Å². The lowest BCUT2D eigenvalue weighted by atomic mass is 9.99. The van der Waals surface area contributed by atoms with E-state index in [0.717, 1.165) is 26.8 Å². The molecule has 0 saturated carbocycles. The van der Waals surface area contributed by atoms with Gasteiger partial charge < -0.3 is 0 Å². The van der Waals surface area contributed by atoms with Gasteiger partial charge in [0.15, 0.2) is 0 Å². The van der Waals surface area contributed by atoms with Crippen molar-refractivity contribution in [2.24, 2.45) is 0 Å². The van der Waals surface area contributed by atoms with Gasteiger partial charge in [0.2, 0.25) is 0 Å². The number of benzene rings is 2. The Morgan fingerprint density at radius 2 is 1.67 bits per heavy atom. The molecule has 1 heterocycles. The Bertz CT molecular complexity index is 732. The van der Waals surface area contributed by atoms with E-state index in [2.05, 4.69) is 26.0 Å². The predicted molar refractivity (Wildman–Crippen MR) is 78.3 cm³/mol. The molecule has 0 spiro atoms. The van der Waals surface area contributed by atoms with Gasteiger partial charge in [-0.1, -0.05) is 61.8 Å². The van der Waals surface area contributed by atoms with Crippen LogP contribution in [0.15, 0.2) is 42.5 Å². The van der Waals surface area contributed by atoms with Crippen molar-refractivity contribution in [3.8, 4) is 0 Å². The van der Waals surface area contributed by atoms with E-state index in [-0.39, 0.29) is 0 Å². The highest BCUT2D eigenvalue weighted by Gasteiger charge is 2.11. The van der Waals surface area contributed by atoms with Gasteiger partial charge in [-0.25, -0.2) is 4.98 Å². The van der Waals surface area contributed by atoms with E-state index in [0.29, 0.717) is 5.92 Å². The molecule has 0 aliphatic carbocycles. The zero-order valence-corrected chi connectivity index (χ0v) is 11.2. The highest BCUT2D eigenvalue weighted by molar-refractivity contribution is 6.40. The number of para-hydroxylation sites is 2. The van der Waals surface area contributed by atoms with Crippen LogP contribution in [-0.4, -0.2) is 4.98 Å². The van der Waals surface area contributed by atoms with E-state index in [9.17, 15) is 0 Å². The Balaban J connectivity index is 2.51. The summed E-state index contributed by atoms with van der Waals surface area (Å²) >= 11 is 6.51. The summed E-state index contributed by atoms with van der Waals surface area (Å²) in [5.74, 6) is 0.443. The number of hydrogen-bond donors (Lipinski definition) is 0. The maximum atomic E-state index is 6.51. The van der Waals surface area contributed by atoms with Crippen LogP contribution in [-0.2, 0) is 0 Å². The highest BCUT2D eigenvalue weighted by Crippen LogP contribution is 2.33. The summed E-state index contributed by atoms with van der Waals surface area (Å²) < 4.78 is 0. The summed E-state index contributed by atoms with van der Waals surface area (Å²) in [4.78, 5) is 4.78. The smallest absolute Gasteiger partial charge is 0.0759 e. The quantitative estimate of drug-likeness (QED) is 0.547. The molecule has 0 aliphatic heterocycles. The van der Waals surface area contributed by atoms with Crippen molar-refractivity contribution in [3.05, 3.63) is 53.1 Å². The summed E-state index contributed by atoms with van der Waals surface area (Å²) in [6.45, 7) is 4.36. The second-order valence-corrected chi connectivity index (χ2v) is 5.22. The maximum Gasteiger partial charge on any atom is 0.0759 e. The second-order valence-electron chi connectivity index (χ2n) is 4.84. The third-order valence-electron chi connectivity index (χ3n) is 3.30. The number of nitrogens with zero attached hydrogens (tertiary/aromatic N) is 1. The summed E-state index contributed by atoms with van der Waals surface area (Å²) in [7, 11) is 0. The lowest BCUT2D eigenvalue weighted by molar-refractivity contribution is 0.873. The maximum absolute atomic E-state index is 6.51. The number of halogens is 1. The van der Waals surface area contributed by atoms with Crippen LogP contribution in [0.5, 0.6) is 0 Å². The van der Waals surface area contributed by atoms with Crippen LogP contribution >= 0.6 is 11.6 Å². The second kappa shape index (κ2) is 4.25. The first-order valence-electron chi connectivity index (χ1n) is 6.15. The minimum absolute atomic E-state index is 0.443. The number of hydrogen-bond acceptors (Lipinski definition) is 1. The minimum atomic E-state index is 0.443. The van der Waals surface area contributed by atoms with E-state index in [1.807, 2.05) is 30.3 Å². The molecule has 1 nitrogen and oxygen atoms in total. The molecule has 0 amide bonds. The number of rotatable bonds is 1. The van der Waals surface area contributed by atoms with E-state index < -0.39 is 0 Å². The van der Waals surface area contributed by atoms with Gasteiger partial charge in [0.05, 0.1) is 16.1 Å². The minimum Gasteiger partial charge on any atom is -0.247 e. The fourth-order valence-electron chi connectivity index (χ4n) is 2.35. The average molecular weight is 256 g/mol. The monoisotopic (exact) mass is 255 g/mol. The van der Waals surface area contributed by atoms with Gasteiger partial charge in [-0.05, 0) is 17.5 Å². The van der Waals surface area contributed by atoms with Gasteiger partial charge in [0.1, 0.15) is 0 Å². The Morgan fingerprint density at radius 3 is 2.44 bits per heavy atom. The Morgan fingerprint density at radius 1 is 0.944 bits per heavy atom. The summed E-state index contributed by atoms with van der Waals surface area (Å²) in [6.07, 6.45) is 0. The molecule has 2 heteroatoms. The molecule has 2 aromatic carbocycles. The van der Waals surface area contributed by atoms with Crippen LogP contribution in [0, 0.1) is 0 Å². The molecule has 0 fully saturated rings. The van der Waals surface area contributed by atoms with Crippen LogP contribution in [0.2, 0.25) is 5.02 Å². The zero-order valence-electron chi connectivity index (χ0n) is 10.4. The van der Waals surface area contributed by atoms with Crippen molar-refractivity contribution in [2.75, 3.05) is 0 Å². The molecule has 0 saturated heterocycles. The lowest BCUT2D eigenvalue weighted by Crippen LogP contribution is -1.93. The number of pyridine rings is 1. The van der Waals surface area contributed by atoms with Crippen molar-refractivity contribution in [2.45, 2.75) is 19.8 Å². The molecular formula is C16H14ClN. The molecule has 0 unspecified atom stereocenters. The van der Waals surface area contributed by atoms with Crippen LogP contribution < -0.4 is 0 Å². The first-order chi connectivity index (χ1) is 8.68. The largest absolute Gasteiger partial charge is 0.247 e. The molecule has 0 bridgehead atoms. The van der Waals surface area contributed by atoms with E-state index >= 15 is 0 Å². The van der Waals surface area contributed by atoms with Gasteiger partial charge in [-0.15, -0.1) is 0 Å². The van der Waals surface area contributed by atoms with Gasteiger partial charge >= 0.3 is 0 Å². The molecular weight excluding hydrogens is 242 g/mol. The predicted octanol–water partition coefficient (Wildman–Crippen LogP) is 5.16. The molecule has 18 heavy (non-hydrogen) atoms. The van der Waals surface area contributed by atoms with Crippen molar-refractivity contribution in [3.63, 3.8) is 0 Å². The standard InChI is InChI=1S/C16H14ClN/c1-10(2)11-7-5-8-13-15(17)12-6-3-4-9-14(12)18-16(11)13/h3-10H,1-2H3. The molecule has 1 aromatic heterocycles. The average Bonchev–Trinajstić information content (AvgIpc) is 2.38. The number of fused-ring (bicyclic) bond motifs is 2. The molecule has 0 atom stereocenters. The van der Waals surface area contributed by atoms with E-state index in [1.54, 1.807) is 0 Å². The summed E-state index contributed by atoms with van der Waals surface area (Å²) in [5.41, 5.74) is 3.24. The molecule has 3 rings (SSSR count). The van der Waals surface area contributed by atoms with Gasteiger partial charge in [0, 0.05) is 10.8 Å². The highest BCUT2D eigenvalue weighted by atomic mass is 35.5. The normalized spacial score (nSPS) is 11.6. The Hall–Kier alpha value is -1.60. The molecule has 0 radical (unpaired) electrons. The summed E-state index contributed by atoms with van der Waals surface area (Å²) in [6, 6.07) is 14.3. The zero-order chi connectivity index (χ0) is 12.7. The van der Waals surface area contributed by atoms with E-state index in [4.69, 9.17) is 16.6 Å². The first-order valence-corrected chi connectivity index (χ1v) is 6.53. The van der Waals surface area contributed by atoms with Crippen molar-refractivity contribution >= 4 is 33.4 Å². The molecule has 0 aliphatic rings. The van der Waals surface area contributed by atoms with Gasteiger partial charge in [-0.3, -0.25) is 0 Å². The fourth-order valence-corrected chi connectivity index (χ4v) is 2.66. The SMILES string of the molecule is CC(C)c1cccc2c(Cl)c3ccccc3nc12. The van der Waals surface area contributed by atoms with Crippen LogP contribution in [0.4, 0.5) is 0 Å². The van der Waals surface area contributed by atoms with Crippen LogP contribution in [0.1, 0.15) is 25.3 Å². The first kappa shape index (κ1) is 11.5. The Labute approximate surface area is 111 Å². The van der Waals surface area contributed by atoms with Crippen molar-refractivity contribution in [1.82, 2.24) is 4.98 Å². The van der Waals surface area contributed by atoms with Gasteiger partial charge in [0.25, 0.3) is 0 Å². The molecule has 0 N–H and O–H groups in total. The molecule has 3 aromatic rings. The van der Waals surface area contributed by atoms with Crippen LogP contribution in [0.25, 0.3) is 21.8 Å².